The third-order valence-electron chi connectivity index (χ3n) is 3.54. The molecule has 1 aromatic carbocycles. The van der Waals surface area contributed by atoms with Gasteiger partial charge in [0.15, 0.2) is 0 Å². The maximum absolute atomic E-state index is 5.79. The number of nitrogens with two attached hydrogens (primary N) is 1. The number of nitrogens with zero attached hydrogens (tertiary/aromatic N) is 3. The van der Waals surface area contributed by atoms with Crippen molar-refractivity contribution in [2.24, 2.45) is 5.73 Å². The molecule has 21 heavy (non-hydrogen) atoms. The van der Waals surface area contributed by atoms with Crippen molar-refractivity contribution in [1.29, 1.82) is 0 Å². The number of rotatable bonds is 7. The number of aromatic nitrogens is 2. The van der Waals surface area contributed by atoms with E-state index < -0.39 is 0 Å². The Morgan fingerprint density at radius 3 is 2.62 bits per heavy atom. The summed E-state index contributed by atoms with van der Waals surface area (Å²) in [4.78, 5) is 2.29. The summed E-state index contributed by atoms with van der Waals surface area (Å²) in [7, 11) is 2.13. The van der Waals surface area contributed by atoms with E-state index in [2.05, 4.69) is 37.3 Å². The number of anilines is 1. The Morgan fingerprint density at radius 2 is 2.00 bits per heavy atom. The minimum Gasteiger partial charge on any atom is -0.359 e. The molecule has 0 amide bonds. The largest absolute Gasteiger partial charge is 0.359 e. The van der Waals surface area contributed by atoms with Gasteiger partial charge in [0.05, 0.1) is 11.4 Å². The van der Waals surface area contributed by atoms with Crippen LogP contribution in [0.4, 0.5) is 5.82 Å². The first-order chi connectivity index (χ1) is 10.2. The van der Waals surface area contributed by atoms with Gasteiger partial charge in [0.1, 0.15) is 5.82 Å². The van der Waals surface area contributed by atoms with Gasteiger partial charge in [-0.25, -0.2) is 4.68 Å². The van der Waals surface area contributed by atoms with Crippen molar-refractivity contribution < 1.29 is 0 Å². The third kappa shape index (κ3) is 3.60. The molecule has 0 fully saturated rings. The number of thioether (sulfide) groups is 1. The highest BCUT2D eigenvalue weighted by Crippen LogP contribution is 2.27. The van der Waals surface area contributed by atoms with Crippen molar-refractivity contribution in [3.63, 3.8) is 0 Å². The summed E-state index contributed by atoms with van der Waals surface area (Å²) in [6.45, 7) is 3.71. The predicted molar refractivity (Wildman–Crippen MR) is 92.7 cm³/mol. The van der Waals surface area contributed by atoms with Crippen LogP contribution in [0.25, 0.3) is 5.69 Å². The summed E-state index contributed by atoms with van der Waals surface area (Å²) in [6, 6.07) is 10.3. The van der Waals surface area contributed by atoms with Gasteiger partial charge in [-0.15, -0.1) is 0 Å². The summed E-state index contributed by atoms with van der Waals surface area (Å²) >= 11 is 1.86. The minimum absolute atomic E-state index is 0.644. The SMILES string of the molecule is CSCCN(C)c1c(CCN)c(C)nn1-c1ccccc1. The average Bonchev–Trinajstić information content (AvgIpc) is 2.83. The first kappa shape index (κ1) is 15.9. The lowest BCUT2D eigenvalue weighted by Crippen LogP contribution is -2.24. The van der Waals surface area contributed by atoms with Crippen LogP contribution in [0.15, 0.2) is 30.3 Å². The molecule has 1 aromatic heterocycles. The van der Waals surface area contributed by atoms with Crippen molar-refractivity contribution >= 4 is 17.6 Å². The zero-order valence-corrected chi connectivity index (χ0v) is 13.9. The van der Waals surface area contributed by atoms with Gasteiger partial charge < -0.3 is 10.6 Å². The van der Waals surface area contributed by atoms with E-state index in [1.807, 2.05) is 34.6 Å². The van der Waals surface area contributed by atoms with Gasteiger partial charge in [-0.1, -0.05) is 18.2 Å². The van der Waals surface area contributed by atoms with E-state index in [0.29, 0.717) is 6.54 Å². The molecular weight excluding hydrogens is 280 g/mol. The quantitative estimate of drug-likeness (QED) is 0.854. The Hall–Kier alpha value is -1.46. The monoisotopic (exact) mass is 304 g/mol. The van der Waals surface area contributed by atoms with E-state index in [0.717, 1.165) is 30.1 Å². The van der Waals surface area contributed by atoms with E-state index in [9.17, 15) is 0 Å². The van der Waals surface area contributed by atoms with Crippen LogP contribution in [0.3, 0.4) is 0 Å². The molecule has 2 aromatic rings. The van der Waals surface area contributed by atoms with Crippen molar-refractivity contribution in [1.82, 2.24) is 9.78 Å². The molecule has 0 spiro atoms. The lowest BCUT2D eigenvalue weighted by atomic mass is 10.1. The van der Waals surface area contributed by atoms with Crippen LogP contribution in [0.2, 0.25) is 0 Å². The van der Waals surface area contributed by atoms with Gasteiger partial charge in [0.25, 0.3) is 0 Å². The Balaban J connectivity index is 2.47. The average molecular weight is 304 g/mol. The van der Waals surface area contributed by atoms with Crippen LogP contribution in [-0.4, -0.2) is 41.9 Å². The van der Waals surface area contributed by atoms with Crippen molar-refractivity contribution in [3.8, 4) is 5.69 Å². The van der Waals surface area contributed by atoms with E-state index >= 15 is 0 Å². The molecule has 1 heterocycles. The molecule has 0 aliphatic carbocycles. The maximum Gasteiger partial charge on any atom is 0.135 e. The number of hydrogen-bond acceptors (Lipinski definition) is 4. The van der Waals surface area contributed by atoms with Crippen LogP contribution in [-0.2, 0) is 6.42 Å². The van der Waals surface area contributed by atoms with Crippen LogP contribution < -0.4 is 10.6 Å². The molecule has 0 unspecified atom stereocenters. The molecule has 0 atom stereocenters. The Morgan fingerprint density at radius 1 is 1.29 bits per heavy atom. The van der Waals surface area contributed by atoms with E-state index in [4.69, 9.17) is 10.8 Å². The summed E-state index contributed by atoms with van der Waals surface area (Å²) in [6.07, 6.45) is 2.99. The second-order valence-corrected chi connectivity index (χ2v) is 6.07. The molecule has 0 aliphatic heterocycles. The highest BCUT2D eigenvalue weighted by atomic mass is 32.2. The first-order valence-corrected chi connectivity index (χ1v) is 8.62. The van der Waals surface area contributed by atoms with E-state index in [-0.39, 0.29) is 0 Å². The van der Waals surface area contributed by atoms with Crippen LogP contribution >= 0.6 is 11.8 Å². The first-order valence-electron chi connectivity index (χ1n) is 7.23. The Labute approximate surface area is 131 Å². The normalized spacial score (nSPS) is 10.9. The number of aryl methyl sites for hydroxylation is 1. The molecule has 0 aliphatic rings. The smallest absolute Gasteiger partial charge is 0.135 e. The highest BCUT2D eigenvalue weighted by Gasteiger charge is 2.18. The molecule has 2 rings (SSSR count). The molecular formula is C16H24N4S. The summed E-state index contributed by atoms with van der Waals surface area (Å²) in [5.41, 5.74) is 9.20. The van der Waals surface area contributed by atoms with Gasteiger partial charge in [-0.05, 0) is 38.3 Å². The molecule has 2 N–H and O–H groups in total. The Bertz CT molecular complexity index is 565. The van der Waals surface area contributed by atoms with Gasteiger partial charge in [-0.2, -0.15) is 16.9 Å². The minimum atomic E-state index is 0.644. The van der Waals surface area contributed by atoms with Crippen LogP contribution in [0, 0.1) is 6.92 Å². The molecule has 5 heteroatoms. The van der Waals surface area contributed by atoms with Crippen LogP contribution in [0.5, 0.6) is 0 Å². The predicted octanol–water partition coefficient (Wildman–Crippen LogP) is 2.48. The molecule has 0 bridgehead atoms. The maximum atomic E-state index is 5.79. The second-order valence-electron chi connectivity index (χ2n) is 5.09. The standard InChI is InChI=1S/C16H24N4S/c1-13-15(9-10-17)16(19(2)11-12-21-3)20(18-13)14-7-5-4-6-8-14/h4-8H,9-12,17H2,1-3H3. The topological polar surface area (TPSA) is 47.1 Å². The molecule has 0 saturated carbocycles. The lowest BCUT2D eigenvalue weighted by Gasteiger charge is -2.22. The van der Waals surface area contributed by atoms with Crippen molar-refractivity contribution in [2.75, 3.05) is 37.0 Å². The zero-order chi connectivity index (χ0) is 15.2. The highest BCUT2D eigenvalue weighted by molar-refractivity contribution is 7.98. The van der Waals surface area contributed by atoms with E-state index in [1.165, 1.54) is 11.4 Å². The fourth-order valence-corrected chi connectivity index (χ4v) is 2.92. The third-order valence-corrected chi connectivity index (χ3v) is 4.14. The van der Waals surface area contributed by atoms with Crippen LogP contribution in [0.1, 0.15) is 11.3 Å². The number of hydrogen-bond donors (Lipinski definition) is 1. The van der Waals surface area contributed by atoms with Gasteiger partial charge >= 0.3 is 0 Å². The van der Waals surface area contributed by atoms with Gasteiger partial charge in [-0.3, -0.25) is 0 Å². The van der Waals surface area contributed by atoms with Gasteiger partial charge in [0.2, 0.25) is 0 Å². The summed E-state index contributed by atoms with van der Waals surface area (Å²) in [5.74, 6) is 2.26. The van der Waals surface area contributed by atoms with E-state index in [1.54, 1.807) is 0 Å². The number of para-hydroxylation sites is 1. The second kappa shape index (κ2) is 7.52. The lowest BCUT2D eigenvalue weighted by molar-refractivity contribution is 0.817. The molecule has 114 valence electrons. The fourth-order valence-electron chi connectivity index (χ4n) is 2.46. The zero-order valence-electron chi connectivity index (χ0n) is 13.0. The Kier molecular flexibility index (Phi) is 5.70. The van der Waals surface area contributed by atoms with Crippen molar-refractivity contribution in [3.05, 3.63) is 41.6 Å². The summed E-state index contributed by atoms with van der Waals surface area (Å²) in [5, 5.41) is 4.74. The fraction of sp³-hybridized carbons (Fsp3) is 0.438. The molecule has 4 nitrogen and oxygen atoms in total. The van der Waals surface area contributed by atoms with Gasteiger partial charge in [0, 0.05) is 24.9 Å². The molecule has 0 radical (unpaired) electrons. The summed E-state index contributed by atoms with van der Waals surface area (Å²) < 4.78 is 2.04. The number of benzene rings is 1. The van der Waals surface area contributed by atoms with Crippen molar-refractivity contribution in [2.45, 2.75) is 13.3 Å². The molecule has 0 saturated heterocycles.